The maximum atomic E-state index is 13.1. The first-order chi connectivity index (χ1) is 11.9. The summed E-state index contributed by atoms with van der Waals surface area (Å²) in [5, 5.41) is 2.78. The second-order valence-electron chi connectivity index (χ2n) is 6.12. The highest BCUT2D eigenvalue weighted by atomic mass is 19.4. The molecule has 0 radical (unpaired) electrons. The highest BCUT2D eigenvalue weighted by molar-refractivity contribution is 5.96. The quantitative estimate of drug-likeness (QED) is 0.925. The monoisotopic (exact) mass is 349 g/mol. The Kier molecular flexibility index (Phi) is 4.76. The lowest BCUT2D eigenvalue weighted by molar-refractivity contribution is -0.138. The van der Waals surface area contributed by atoms with E-state index < -0.39 is 23.2 Å². The smallest absolute Gasteiger partial charge is 0.347 e. The number of alkyl halides is 3. The highest BCUT2D eigenvalue weighted by Crippen LogP contribution is 2.33. The van der Waals surface area contributed by atoms with Crippen LogP contribution in [-0.2, 0) is 6.18 Å². The third kappa shape index (κ3) is 3.66. The number of pyridine rings is 1. The van der Waals surface area contributed by atoms with Crippen molar-refractivity contribution in [2.24, 2.45) is 0 Å². The lowest BCUT2D eigenvalue weighted by atomic mass is 9.99. The zero-order valence-corrected chi connectivity index (χ0v) is 13.6. The molecule has 3 rings (SSSR count). The van der Waals surface area contributed by atoms with Gasteiger partial charge in [0.2, 0.25) is 0 Å². The van der Waals surface area contributed by atoms with Crippen LogP contribution in [0, 0.1) is 0 Å². The molecule has 0 spiro atoms. The van der Waals surface area contributed by atoms with Crippen LogP contribution in [-0.4, -0.2) is 35.4 Å². The lowest BCUT2D eigenvalue weighted by Crippen LogP contribution is -2.39. The molecule has 1 aliphatic heterocycles. The van der Waals surface area contributed by atoms with Crippen molar-refractivity contribution in [3.8, 4) is 0 Å². The summed E-state index contributed by atoms with van der Waals surface area (Å²) < 4.78 is 39.3. The average Bonchev–Trinajstić information content (AvgIpc) is 2.95. The number of nitrogens with one attached hydrogen (secondary N) is 1. The van der Waals surface area contributed by atoms with Gasteiger partial charge in [0, 0.05) is 18.9 Å². The van der Waals surface area contributed by atoms with E-state index in [2.05, 4.69) is 15.2 Å². The molecule has 1 N–H and O–H groups in total. The van der Waals surface area contributed by atoms with Crippen LogP contribution in [0.3, 0.4) is 0 Å². The summed E-state index contributed by atoms with van der Waals surface area (Å²) in [6, 6.07) is 10.4. The molecule has 132 valence electrons. The third-order valence-electron chi connectivity index (χ3n) is 4.48. The first-order valence-corrected chi connectivity index (χ1v) is 7.95. The molecule has 0 bridgehead atoms. The normalized spacial score (nSPS) is 21.3. The molecule has 7 heteroatoms. The second-order valence-corrected chi connectivity index (χ2v) is 6.12. The Bertz CT molecular complexity index is 749. The van der Waals surface area contributed by atoms with Crippen LogP contribution in [0.5, 0.6) is 0 Å². The molecule has 0 unspecified atom stereocenters. The molecule has 1 aromatic carbocycles. The van der Waals surface area contributed by atoms with Crippen LogP contribution in [0.2, 0.25) is 0 Å². The number of amides is 1. The fraction of sp³-hybridized carbons (Fsp3) is 0.333. The fourth-order valence-corrected chi connectivity index (χ4v) is 3.30. The van der Waals surface area contributed by atoms with E-state index in [1.807, 2.05) is 37.4 Å². The van der Waals surface area contributed by atoms with Gasteiger partial charge in [0.25, 0.3) is 5.91 Å². The Balaban J connectivity index is 1.84. The van der Waals surface area contributed by atoms with E-state index in [4.69, 9.17) is 0 Å². The van der Waals surface area contributed by atoms with Crippen molar-refractivity contribution < 1.29 is 18.0 Å². The molecule has 2 atom stereocenters. The lowest BCUT2D eigenvalue weighted by Gasteiger charge is -2.26. The minimum atomic E-state index is -4.62. The number of likely N-dealkylation sites (N-methyl/N-ethyl adjacent to an activating group) is 1. The molecule has 1 saturated heterocycles. The van der Waals surface area contributed by atoms with E-state index in [9.17, 15) is 18.0 Å². The number of likely N-dealkylation sites (tertiary alicyclic amines) is 1. The Morgan fingerprint density at radius 1 is 1.24 bits per heavy atom. The maximum absolute atomic E-state index is 13.1. The van der Waals surface area contributed by atoms with Crippen LogP contribution < -0.4 is 5.32 Å². The zero-order chi connectivity index (χ0) is 18.0. The Hall–Kier alpha value is -2.41. The van der Waals surface area contributed by atoms with Crippen LogP contribution >= 0.6 is 0 Å². The Labute approximate surface area is 143 Å². The molecule has 1 amide bonds. The summed E-state index contributed by atoms with van der Waals surface area (Å²) in [6.45, 7) is 0.757. The van der Waals surface area contributed by atoms with Gasteiger partial charge in [-0.2, -0.15) is 13.2 Å². The molecule has 0 aliphatic carbocycles. The SMILES string of the molecule is CN1CC[C@@H](NC(=O)c2ccncc2C(F)(F)F)[C@H]1c1ccccc1. The summed E-state index contributed by atoms with van der Waals surface area (Å²) in [4.78, 5) is 18.1. The molecule has 1 fully saturated rings. The van der Waals surface area contributed by atoms with Crippen LogP contribution in [0.25, 0.3) is 0 Å². The number of halogens is 3. The van der Waals surface area contributed by atoms with Gasteiger partial charge in [0.15, 0.2) is 0 Å². The average molecular weight is 349 g/mol. The van der Waals surface area contributed by atoms with Gasteiger partial charge in [0.05, 0.1) is 23.2 Å². The number of benzene rings is 1. The predicted octanol–water partition coefficient (Wildman–Crippen LogP) is 3.28. The minimum absolute atomic E-state index is 0.0682. The Morgan fingerprint density at radius 2 is 1.96 bits per heavy atom. The number of rotatable bonds is 3. The number of carbonyl (C=O) groups is 1. The van der Waals surface area contributed by atoms with Gasteiger partial charge in [-0.25, -0.2) is 0 Å². The molecular weight excluding hydrogens is 331 g/mol. The topological polar surface area (TPSA) is 45.2 Å². The minimum Gasteiger partial charge on any atom is -0.347 e. The van der Waals surface area contributed by atoms with Crippen LogP contribution in [0.1, 0.15) is 33.9 Å². The largest absolute Gasteiger partial charge is 0.418 e. The number of nitrogens with zero attached hydrogens (tertiary/aromatic N) is 2. The molecular formula is C18H18F3N3O. The Morgan fingerprint density at radius 3 is 2.64 bits per heavy atom. The standard InChI is InChI=1S/C18H18F3N3O/c1-24-10-8-15(16(24)12-5-3-2-4-6-12)23-17(25)13-7-9-22-11-14(13)18(19,20)21/h2-7,9,11,15-16H,8,10H2,1H3,(H,23,25)/t15-,16-/m1/s1. The van der Waals surface area contributed by atoms with E-state index in [1.54, 1.807) is 0 Å². The summed E-state index contributed by atoms with van der Waals surface area (Å²) in [5.74, 6) is -0.726. The molecule has 0 saturated carbocycles. The molecule has 1 aliphatic rings. The van der Waals surface area contributed by atoms with E-state index >= 15 is 0 Å². The molecule has 2 heterocycles. The van der Waals surface area contributed by atoms with Crippen molar-refractivity contribution in [3.05, 3.63) is 65.5 Å². The van der Waals surface area contributed by atoms with Gasteiger partial charge in [-0.05, 0) is 25.1 Å². The summed E-state index contributed by atoms with van der Waals surface area (Å²) in [7, 11) is 1.94. The van der Waals surface area contributed by atoms with E-state index in [0.29, 0.717) is 12.6 Å². The maximum Gasteiger partial charge on any atom is 0.418 e. The van der Waals surface area contributed by atoms with Gasteiger partial charge in [0.1, 0.15) is 0 Å². The van der Waals surface area contributed by atoms with Crippen molar-refractivity contribution in [1.82, 2.24) is 15.2 Å². The van der Waals surface area contributed by atoms with Crippen molar-refractivity contribution in [2.75, 3.05) is 13.6 Å². The van der Waals surface area contributed by atoms with E-state index in [-0.39, 0.29) is 12.1 Å². The number of aromatic nitrogens is 1. The predicted molar refractivity (Wildman–Crippen MR) is 86.9 cm³/mol. The highest BCUT2D eigenvalue weighted by Gasteiger charge is 2.38. The van der Waals surface area contributed by atoms with Gasteiger partial charge < -0.3 is 5.32 Å². The molecule has 25 heavy (non-hydrogen) atoms. The number of hydrogen-bond acceptors (Lipinski definition) is 3. The first-order valence-electron chi connectivity index (χ1n) is 7.95. The van der Waals surface area contributed by atoms with E-state index in [0.717, 1.165) is 18.2 Å². The summed E-state index contributed by atoms with van der Waals surface area (Å²) in [6.07, 6.45) is -2.07. The van der Waals surface area contributed by atoms with Gasteiger partial charge in [-0.3, -0.25) is 14.7 Å². The fourth-order valence-electron chi connectivity index (χ4n) is 3.30. The van der Waals surface area contributed by atoms with Gasteiger partial charge in [-0.15, -0.1) is 0 Å². The van der Waals surface area contributed by atoms with Crippen LogP contribution in [0.15, 0.2) is 48.8 Å². The molecule has 2 aromatic rings. The van der Waals surface area contributed by atoms with Crippen molar-refractivity contribution >= 4 is 5.91 Å². The molecule has 1 aromatic heterocycles. The van der Waals surface area contributed by atoms with Crippen molar-refractivity contribution in [2.45, 2.75) is 24.7 Å². The third-order valence-corrected chi connectivity index (χ3v) is 4.48. The van der Waals surface area contributed by atoms with Crippen molar-refractivity contribution in [3.63, 3.8) is 0 Å². The second kappa shape index (κ2) is 6.84. The first kappa shape index (κ1) is 17.4. The number of hydrogen-bond donors (Lipinski definition) is 1. The molecule has 4 nitrogen and oxygen atoms in total. The van der Waals surface area contributed by atoms with E-state index in [1.165, 1.54) is 6.20 Å². The van der Waals surface area contributed by atoms with Gasteiger partial charge >= 0.3 is 6.18 Å². The van der Waals surface area contributed by atoms with Crippen molar-refractivity contribution in [1.29, 1.82) is 0 Å². The van der Waals surface area contributed by atoms with Crippen LogP contribution in [0.4, 0.5) is 13.2 Å². The summed E-state index contributed by atoms with van der Waals surface area (Å²) in [5.41, 5.74) is -0.391. The summed E-state index contributed by atoms with van der Waals surface area (Å²) >= 11 is 0. The zero-order valence-electron chi connectivity index (χ0n) is 13.6. The number of carbonyl (C=O) groups excluding carboxylic acids is 1. The van der Waals surface area contributed by atoms with Gasteiger partial charge in [-0.1, -0.05) is 30.3 Å².